The van der Waals surface area contributed by atoms with E-state index in [4.69, 9.17) is 5.41 Å². The smallest absolute Gasteiger partial charge is 0.0997 e. The van der Waals surface area contributed by atoms with Gasteiger partial charge in [-0.3, -0.25) is 5.41 Å². The van der Waals surface area contributed by atoms with Crippen molar-refractivity contribution in [3.05, 3.63) is 12.3 Å². The lowest BCUT2D eigenvalue weighted by molar-refractivity contribution is 0.603. The third-order valence-corrected chi connectivity index (χ3v) is 1.46. The molecule has 0 unspecified atom stereocenters. The van der Waals surface area contributed by atoms with E-state index < -0.39 is 0 Å². The van der Waals surface area contributed by atoms with Crippen molar-refractivity contribution in [1.29, 1.82) is 5.41 Å². The molecule has 0 spiro atoms. The highest BCUT2D eigenvalue weighted by Crippen LogP contribution is 2.01. The fraction of sp³-hybridized carbons (Fsp3) is 0.625. The zero-order valence-corrected chi connectivity index (χ0v) is 7.07. The van der Waals surface area contributed by atoms with Crippen molar-refractivity contribution >= 4 is 5.84 Å². The Kier molecular flexibility index (Phi) is 3.77. The molecule has 0 bridgehead atoms. The van der Waals surface area contributed by atoms with Gasteiger partial charge in [-0.05, 0) is 13.3 Å². The van der Waals surface area contributed by atoms with Crippen LogP contribution in [0.2, 0.25) is 0 Å². The van der Waals surface area contributed by atoms with Crippen LogP contribution in [-0.2, 0) is 0 Å². The number of rotatable bonds is 3. The molecule has 1 N–H and O–H groups in total. The Labute approximate surface area is 63.0 Å². The Morgan fingerprint density at radius 2 is 2.10 bits per heavy atom. The van der Waals surface area contributed by atoms with E-state index >= 15 is 0 Å². The molecule has 0 aromatic rings. The van der Waals surface area contributed by atoms with Crippen LogP contribution in [0.4, 0.5) is 0 Å². The van der Waals surface area contributed by atoms with Crippen LogP contribution in [0.25, 0.3) is 0 Å². The van der Waals surface area contributed by atoms with Gasteiger partial charge in [-0.15, -0.1) is 0 Å². The molecule has 0 aliphatic heterocycles. The highest BCUT2D eigenvalue weighted by atomic mass is 15.1. The third kappa shape index (κ3) is 2.67. The number of hydrogen-bond donors (Lipinski definition) is 1. The van der Waals surface area contributed by atoms with Gasteiger partial charge in [0.15, 0.2) is 0 Å². The van der Waals surface area contributed by atoms with Crippen LogP contribution in [0.15, 0.2) is 12.3 Å². The normalized spacial score (nSPS) is 9.10. The van der Waals surface area contributed by atoms with E-state index in [-0.39, 0.29) is 0 Å². The lowest BCUT2D eigenvalue weighted by Gasteiger charge is -2.18. The van der Waals surface area contributed by atoms with Crippen LogP contribution in [-0.4, -0.2) is 17.8 Å². The molecule has 0 atom stereocenters. The minimum atomic E-state index is 0.648. The maximum absolute atomic E-state index is 7.49. The SMILES string of the molecule is C=C(C)N(C)C(=N)CCC. The maximum atomic E-state index is 7.49. The summed E-state index contributed by atoms with van der Waals surface area (Å²) in [4.78, 5) is 1.81. The molecule has 0 rings (SSSR count). The lowest BCUT2D eigenvalue weighted by atomic mass is 10.3. The summed E-state index contributed by atoms with van der Waals surface area (Å²) in [5.41, 5.74) is 0.929. The number of hydrogen-bond acceptors (Lipinski definition) is 1. The van der Waals surface area contributed by atoms with Crippen LogP contribution in [0.1, 0.15) is 26.7 Å². The minimum absolute atomic E-state index is 0.648. The lowest BCUT2D eigenvalue weighted by Crippen LogP contribution is -2.22. The molecule has 2 nitrogen and oxygen atoms in total. The van der Waals surface area contributed by atoms with Crippen LogP contribution < -0.4 is 0 Å². The van der Waals surface area contributed by atoms with E-state index in [0.29, 0.717) is 5.84 Å². The zero-order chi connectivity index (χ0) is 8.15. The highest BCUT2D eigenvalue weighted by molar-refractivity contribution is 5.80. The average Bonchev–Trinajstić information content (AvgIpc) is 1.87. The molecule has 0 heterocycles. The van der Waals surface area contributed by atoms with Crippen LogP contribution in [0.5, 0.6) is 0 Å². The van der Waals surface area contributed by atoms with E-state index in [9.17, 15) is 0 Å². The summed E-state index contributed by atoms with van der Waals surface area (Å²) in [7, 11) is 1.88. The Morgan fingerprint density at radius 3 is 2.40 bits per heavy atom. The molecular weight excluding hydrogens is 124 g/mol. The number of allylic oxidation sites excluding steroid dienone is 1. The quantitative estimate of drug-likeness (QED) is 0.472. The molecular formula is C8H16N2. The molecule has 58 valence electrons. The van der Waals surface area contributed by atoms with Gasteiger partial charge >= 0.3 is 0 Å². The summed E-state index contributed by atoms with van der Waals surface area (Å²) in [6.45, 7) is 7.72. The Morgan fingerprint density at radius 1 is 1.60 bits per heavy atom. The first-order chi connectivity index (χ1) is 4.59. The second kappa shape index (κ2) is 4.09. The molecule has 0 aromatic carbocycles. The van der Waals surface area contributed by atoms with Gasteiger partial charge in [-0.2, -0.15) is 0 Å². The van der Waals surface area contributed by atoms with Gasteiger partial charge in [0.05, 0.1) is 5.84 Å². The summed E-state index contributed by atoms with van der Waals surface area (Å²) < 4.78 is 0. The predicted octanol–water partition coefficient (Wildman–Crippen LogP) is 2.23. The van der Waals surface area contributed by atoms with Crippen molar-refractivity contribution in [3.8, 4) is 0 Å². The van der Waals surface area contributed by atoms with Crippen molar-refractivity contribution in [2.75, 3.05) is 7.05 Å². The van der Waals surface area contributed by atoms with Gasteiger partial charge in [-0.1, -0.05) is 13.5 Å². The summed E-state index contributed by atoms with van der Waals surface area (Å²) in [5, 5.41) is 7.49. The molecule has 0 aromatic heterocycles. The average molecular weight is 140 g/mol. The summed E-state index contributed by atoms with van der Waals surface area (Å²) in [6, 6.07) is 0. The summed E-state index contributed by atoms with van der Waals surface area (Å²) in [5.74, 6) is 0.648. The van der Waals surface area contributed by atoms with E-state index in [0.717, 1.165) is 18.5 Å². The Balaban J connectivity index is 3.82. The number of nitrogens with one attached hydrogen (secondary N) is 1. The largest absolute Gasteiger partial charge is 0.338 e. The van der Waals surface area contributed by atoms with Gasteiger partial charge in [0.25, 0.3) is 0 Å². The molecule has 2 heteroatoms. The summed E-state index contributed by atoms with van der Waals surface area (Å²) in [6.07, 6.45) is 1.86. The molecule has 0 fully saturated rings. The Hall–Kier alpha value is -0.790. The number of amidine groups is 1. The standard InChI is InChI=1S/C8H16N2/c1-5-6-8(9)10(4)7(2)3/h9H,2,5-6H2,1,3-4H3. The van der Waals surface area contributed by atoms with Gasteiger partial charge in [-0.25, -0.2) is 0 Å². The fourth-order valence-corrected chi connectivity index (χ4v) is 0.635. The first kappa shape index (κ1) is 9.21. The second-order valence-corrected chi connectivity index (χ2v) is 2.49. The van der Waals surface area contributed by atoms with Gasteiger partial charge < -0.3 is 4.90 Å². The first-order valence-corrected chi connectivity index (χ1v) is 3.56. The molecule has 0 aliphatic carbocycles. The minimum Gasteiger partial charge on any atom is -0.338 e. The predicted molar refractivity (Wildman–Crippen MR) is 45.2 cm³/mol. The molecule has 0 radical (unpaired) electrons. The molecule has 0 amide bonds. The van der Waals surface area contributed by atoms with Crippen LogP contribution >= 0.6 is 0 Å². The van der Waals surface area contributed by atoms with Crippen LogP contribution in [0.3, 0.4) is 0 Å². The zero-order valence-electron chi connectivity index (χ0n) is 7.07. The molecule has 0 saturated carbocycles. The monoisotopic (exact) mass is 140 g/mol. The highest BCUT2D eigenvalue weighted by Gasteiger charge is 2.01. The summed E-state index contributed by atoms with van der Waals surface area (Å²) >= 11 is 0. The topological polar surface area (TPSA) is 27.1 Å². The van der Waals surface area contributed by atoms with Crippen molar-refractivity contribution in [2.45, 2.75) is 26.7 Å². The van der Waals surface area contributed by atoms with Crippen molar-refractivity contribution in [1.82, 2.24) is 4.90 Å². The first-order valence-electron chi connectivity index (χ1n) is 3.56. The molecule has 0 aliphatic rings. The van der Waals surface area contributed by atoms with Crippen molar-refractivity contribution in [2.24, 2.45) is 0 Å². The van der Waals surface area contributed by atoms with Gasteiger partial charge in [0.2, 0.25) is 0 Å². The second-order valence-electron chi connectivity index (χ2n) is 2.49. The van der Waals surface area contributed by atoms with Crippen molar-refractivity contribution in [3.63, 3.8) is 0 Å². The third-order valence-electron chi connectivity index (χ3n) is 1.46. The van der Waals surface area contributed by atoms with E-state index in [1.807, 2.05) is 18.9 Å². The maximum Gasteiger partial charge on any atom is 0.0997 e. The number of nitrogens with zero attached hydrogens (tertiary/aromatic N) is 1. The Bertz CT molecular complexity index is 138. The van der Waals surface area contributed by atoms with E-state index in [1.54, 1.807) is 0 Å². The molecule has 0 saturated heterocycles. The van der Waals surface area contributed by atoms with Gasteiger partial charge in [0, 0.05) is 19.2 Å². The van der Waals surface area contributed by atoms with Crippen LogP contribution in [0, 0.1) is 5.41 Å². The van der Waals surface area contributed by atoms with Crippen molar-refractivity contribution < 1.29 is 0 Å². The van der Waals surface area contributed by atoms with E-state index in [2.05, 4.69) is 13.5 Å². The fourth-order valence-electron chi connectivity index (χ4n) is 0.635. The molecule has 10 heavy (non-hydrogen) atoms. The van der Waals surface area contributed by atoms with E-state index in [1.165, 1.54) is 0 Å². The van der Waals surface area contributed by atoms with Gasteiger partial charge in [0.1, 0.15) is 0 Å².